The first-order valence-corrected chi connectivity index (χ1v) is 22.9. The van der Waals surface area contributed by atoms with Crippen molar-refractivity contribution in [3.63, 3.8) is 0 Å². The van der Waals surface area contributed by atoms with Gasteiger partial charge in [0.05, 0.1) is 16.7 Å². The summed E-state index contributed by atoms with van der Waals surface area (Å²) in [5, 5.41) is 7.26. The van der Waals surface area contributed by atoms with Crippen LogP contribution in [0.2, 0.25) is 0 Å². The summed E-state index contributed by atoms with van der Waals surface area (Å²) in [6.07, 6.45) is 0. The third-order valence-electron chi connectivity index (χ3n) is 13.4. The minimum atomic E-state index is 0.900. The molecule has 0 aliphatic heterocycles. The number of fused-ring (bicyclic) bond motifs is 8. The van der Waals surface area contributed by atoms with Gasteiger partial charge in [-0.3, -0.25) is 0 Å². The molecule has 314 valence electrons. The zero-order valence-electron chi connectivity index (χ0n) is 36.6. The summed E-state index contributed by atoms with van der Waals surface area (Å²) in [7, 11) is 0. The highest BCUT2D eigenvalue weighted by Gasteiger charge is 2.21. The molecule has 13 aromatic rings. The van der Waals surface area contributed by atoms with Crippen LogP contribution in [0, 0.1) is 0 Å². The molecule has 0 N–H and O–H groups in total. The number of para-hydroxylation sites is 4. The van der Waals surface area contributed by atoms with E-state index < -0.39 is 0 Å². The van der Waals surface area contributed by atoms with Crippen LogP contribution in [-0.2, 0) is 0 Å². The Morgan fingerprint density at radius 3 is 1.69 bits per heavy atom. The Hall–Kier alpha value is -8.92. The molecule has 0 saturated carbocycles. The quantitative estimate of drug-likeness (QED) is 0.152. The van der Waals surface area contributed by atoms with Crippen LogP contribution in [0.4, 0.5) is 17.1 Å². The molecular formula is C64H42N2O. The van der Waals surface area contributed by atoms with Crippen LogP contribution in [0.3, 0.4) is 0 Å². The van der Waals surface area contributed by atoms with Crippen molar-refractivity contribution in [3.8, 4) is 50.2 Å². The van der Waals surface area contributed by atoms with Gasteiger partial charge in [-0.1, -0.05) is 194 Å². The summed E-state index contributed by atoms with van der Waals surface area (Å²) in [6, 6.07) is 91.8. The van der Waals surface area contributed by atoms with Crippen LogP contribution in [0.15, 0.2) is 259 Å². The molecular weight excluding hydrogens is 813 g/mol. The Labute approximate surface area is 388 Å². The van der Waals surface area contributed by atoms with E-state index in [2.05, 4.69) is 252 Å². The molecule has 67 heavy (non-hydrogen) atoms. The third kappa shape index (κ3) is 6.51. The first-order chi connectivity index (χ1) is 33.2. The monoisotopic (exact) mass is 854 g/mol. The molecule has 3 heteroatoms. The van der Waals surface area contributed by atoms with Gasteiger partial charge < -0.3 is 13.9 Å². The lowest BCUT2D eigenvalue weighted by molar-refractivity contribution is 0.670. The van der Waals surface area contributed by atoms with Crippen LogP contribution >= 0.6 is 0 Å². The van der Waals surface area contributed by atoms with Crippen molar-refractivity contribution in [2.75, 3.05) is 4.90 Å². The van der Waals surface area contributed by atoms with Crippen LogP contribution in [0.1, 0.15) is 0 Å². The van der Waals surface area contributed by atoms with E-state index in [0.717, 1.165) is 66.9 Å². The van der Waals surface area contributed by atoms with E-state index >= 15 is 0 Å². The molecule has 2 aromatic heterocycles. The lowest BCUT2D eigenvalue weighted by Gasteiger charge is -2.27. The van der Waals surface area contributed by atoms with Crippen LogP contribution in [0.5, 0.6) is 0 Å². The maximum atomic E-state index is 6.47. The van der Waals surface area contributed by atoms with Gasteiger partial charge in [0.15, 0.2) is 0 Å². The molecule has 0 bridgehead atoms. The molecule has 0 fully saturated rings. The molecule has 0 spiro atoms. The lowest BCUT2D eigenvalue weighted by atomic mass is 9.94. The number of benzene rings is 11. The number of furan rings is 1. The zero-order valence-corrected chi connectivity index (χ0v) is 36.6. The second-order valence-electron chi connectivity index (χ2n) is 17.2. The molecule has 0 unspecified atom stereocenters. The normalized spacial score (nSPS) is 11.6. The number of aromatic nitrogens is 1. The predicted molar refractivity (Wildman–Crippen MR) is 282 cm³/mol. The summed E-state index contributed by atoms with van der Waals surface area (Å²) in [5.74, 6) is 0. The van der Waals surface area contributed by atoms with Gasteiger partial charge in [0.1, 0.15) is 11.2 Å². The average molecular weight is 855 g/mol. The highest BCUT2D eigenvalue weighted by Crippen LogP contribution is 2.44. The Morgan fingerprint density at radius 2 is 0.881 bits per heavy atom. The topological polar surface area (TPSA) is 21.3 Å². The fourth-order valence-corrected chi connectivity index (χ4v) is 10.3. The van der Waals surface area contributed by atoms with Crippen molar-refractivity contribution in [2.45, 2.75) is 0 Å². The van der Waals surface area contributed by atoms with Crippen molar-refractivity contribution < 1.29 is 4.42 Å². The van der Waals surface area contributed by atoms with Crippen LogP contribution in [-0.4, -0.2) is 4.57 Å². The van der Waals surface area contributed by atoms with Crippen LogP contribution < -0.4 is 4.90 Å². The van der Waals surface area contributed by atoms with Gasteiger partial charge in [-0.05, 0) is 105 Å². The average Bonchev–Trinajstić information content (AvgIpc) is 3.96. The van der Waals surface area contributed by atoms with Gasteiger partial charge in [0.2, 0.25) is 0 Å². The van der Waals surface area contributed by atoms with E-state index in [1.165, 1.54) is 54.8 Å². The van der Waals surface area contributed by atoms with Crippen LogP contribution in [0.25, 0.3) is 105 Å². The smallest absolute Gasteiger partial charge is 0.143 e. The minimum absolute atomic E-state index is 0.900. The molecule has 0 saturated heterocycles. The fourth-order valence-electron chi connectivity index (χ4n) is 10.3. The van der Waals surface area contributed by atoms with Gasteiger partial charge in [-0.25, -0.2) is 0 Å². The van der Waals surface area contributed by atoms with Gasteiger partial charge >= 0.3 is 0 Å². The molecule has 0 aliphatic rings. The summed E-state index contributed by atoms with van der Waals surface area (Å²) < 4.78 is 8.94. The Morgan fingerprint density at radius 1 is 0.313 bits per heavy atom. The van der Waals surface area contributed by atoms with E-state index in [1.807, 2.05) is 12.1 Å². The molecule has 0 amide bonds. The summed E-state index contributed by atoms with van der Waals surface area (Å²) in [5.41, 5.74) is 17.8. The SMILES string of the molecule is c1ccc(-c2ccc(N(c3ccc(-c4cccc5c4oc4ccccc45)cc3)c3cccc(-c4ccccc4-n4c5ccccc5c5c6c(-c7ccccc7)cccc6ccc54)c3)cc2)cc1. The maximum Gasteiger partial charge on any atom is 0.143 e. The Balaban J connectivity index is 0.959. The predicted octanol–water partition coefficient (Wildman–Crippen LogP) is 18.0. The molecule has 0 aliphatic carbocycles. The molecule has 13 rings (SSSR count). The van der Waals surface area contributed by atoms with E-state index in [1.54, 1.807) is 0 Å². The number of hydrogen-bond donors (Lipinski definition) is 0. The highest BCUT2D eigenvalue weighted by atomic mass is 16.3. The van der Waals surface area contributed by atoms with Gasteiger partial charge in [0, 0.05) is 49.7 Å². The number of hydrogen-bond acceptors (Lipinski definition) is 2. The molecule has 2 heterocycles. The zero-order chi connectivity index (χ0) is 44.3. The molecule has 3 nitrogen and oxygen atoms in total. The third-order valence-corrected chi connectivity index (χ3v) is 13.4. The Kier molecular flexibility index (Phi) is 9.17. The summed E-state index contributed by atoms with van der Waals surface area (Å²) in [6.45, 7) is 0. The van der Waals surface area contributed by atoms with E-state index in [9.17, 15) is 0 Å². The summed E-state index contributed by atoms with van der Waals surface area (Å²) in [4.78, 5) is 2.37. The number of rotatable bonds is 8. The lowest BCUT2D eigenvalue weighted by Crippen LogP contribution is -2.10. The molecule has 0 radical (unpaired) electrons. The molecule has 0 atom stereocenters. The van der Waals surface area contributed by atoms with Crippen molar-refractivity contribution in [3.05, 3.63) is 255 Å². The summed E-state index contributed by atoms with van der Waals surface area (Å²) >= 11 is 0. The number of nitrogens with zero attached hydrogens (tertiary/aromatic N) is 2. The standard InChI is InChI=1S/C64H42N2O/c1-3-16-43(17-4-1)44-32-37-49(38-33-44)65(50-39-34-46(35-40-50)54-27-15-28-56-55-24-9-12-31-61(55)67-64(54)56)51-22-13-21-48(42-51)52-23-7-10-29-58(52)66-59-30-11-8-25-57(59)63-60(66)41-36-47-20-14-26-53(62(47)63)45-18-5-2-6-19-45/h1-42H. The molecule has 11 aromatic carbocycles. The van der Waals surface area contributed by atoms with Crippen molar-refractivity contribution in [1.29, 1.82) is 0 Å². The minimum Gasteiger partial charge on any atom is -0.455 e. The maximum absolute atomic E-state index is 6.47. The van der Waals surface area contributed by atoms with Gasteiger partial charge in [-0.15, -0.1) is 0 Å². The Bertz CT molecular complexity index is 3960. The fraction of sp³-hybridized carbons (Fsp3) is 0. The first kappa shape index (κ1) is 38.5. The first-order valence-electron chi connectivity index (χ1n) is 22.9. The van der Waals surface area contributed by atoms with Crippen molar-refractivity contribution in [2.24, 2.45) is 0 Å². The highest BCUT2D eigenvalue weighted by molar-refractivity contribution is 6.25. The van der Waals surface area contributed by atoms with E-state index in [0.29, 0.717) is 0 Å². The second kappa shape index (κ2) is 16.0. The van der Waals surface area contributed by atoms with Gasteiger partial charge in [0.25, 0.3) is 0 Å². The van der Waals surface area contributed by atoms with Crippen molar-refractivity contribution >= 4 is 71.6 Å². The second-order valence-corrected chi connectivity index (χ2v) is 17.2. The van der Waals surface area contributed by atoms with Gasteiger partial charge in [-0.2, -0.15) is 0 Å². The number of anilines is 3. The van der Waals surface area contributed by atoms with E-state index in [-0.39, 0.29) is 0 Å². The van der Waals surface area contributed by atoms with Crippen molar-refractivity contribution in [1.82, 2.24) is 4.57 Å². The largest absolute Gasteiger partial charge is 0.455 e. The van der Waals surface area contributed by atoms with E-state index in [4.69, 9.17) is 4.42 Å².